The van der Waals surface area contributed by atoms with Crippen LogP contribution in [-0.4, -0.2) is 43.1 Å². The maximum absolute atomic E-state index is 12.3. The van der Waals surface area contributed by atoms with E-state index in [1.54, 1.807) is 6.08 Å². The SMILES string of the molecule is CC(C)=CCC/C(C)=C/CCC(C)/C=C/C(=O)NC[C@@H]1CC[N+]2(C)CCCC[C@H]12. The van der Waals surface area contributed by atoms with Crippen LogP contribution in [0, 0.1) is 11.8 Å². The van der Waals surface area contributed by atoms with Gasteiger partial charge < -0.3 is 9.80 Å². The minimum absolute atomic E-state index is 0.0854. The van der Waals surface area contributed by atoms with Crippen molar-refractivity contribution in [2.45, 2.75) is 85.1 Å². The second-order valence-corrected chi connectivity index (χ2v) is 10.1. The molecule has 2 heterocycles. The van der Waals surface area contributed by atoms with Gasteiger partial charge in [-0.1, -0.05) is 36.3 Å². The highest BCUT2D eigenvalue weighted by Gasteiger charge is 2.46. The van der Waals surface area contributed by atoms with Crippen LogP contribution in [0.1, 0.15) is 79.1 Å². The summed E-state index contributed by atoms with van der Waals surface area (Å²) in [6.07, 6.45) is 18.3. The van der Waals surface area contributed by atoms with Crippen LogP contribution in [0.4, 0.5) is 0 Å². The number of carbonyl (C=O) groups is 1. The third-order valence-electron chi connectivity index (χ3n) is 7.10. The van der Waals surface area contributed by atoms with E-state index in [0.29, 0.717) is 11.8 Å². The average Bonchev–Trinajstić information content (AvgIpc) is 3.01. The molecule has 0 spiro atoms. The smallest absolute Gasteiger partial charge is 0.243 e. The molecule has 2 fully saturated rings. The van der Waals surface area contributed by atoms with Gasteiger partial charge in [0.25, 0.3) is 0 Å². The highest BCUT2D eigenvalue weighted by Crippen LogP contribution is 2.36. The first kappa shape index (κ1) is 23.9. The molecule has 1 amide bonds. The van der Waals surface area contributed by atoms with Crippen molar-refractivity contribution in [2.24, 2.45) is 11.8 Å². The zero-order valence-corrected chi connectivity index (χ0v) is 19.7. The van der Waals surface area contributed by atoms with E-state index in [1.165, 1.54) is 54.4 Å². The molecule has 0 aromatic heterocycles. The molecule has 0 saturated carbocycles. The fourth-order valence-electron chi connectivity index (χ4n) is 5.14. The number of fused-ring (bicyclic) bond motifs is 1. The normalized spacial score (nSPS) is 28.2. The third-order valence-corrected chi connectivity index (χ3v) is 7.10. The van der Waals surface area contributed by atoms with Gasteiger partial charge in [-0.25, -0.2) is 0 Å². The Hall–Kier alpha value is -1.35. The summed E-state index contributed by atoms with van der Waals surface area (Å²) in [7, 11) is 2.42. The number of nitrogens with zero attached hydrogens (tertiary/aromatic N) is 1. The molecule has 0 aromatic carbocycles. The van der Waals surface area contributed by atoms with E-state index in [0.717, 1.165) is 38.3 Å². The average molecular weight is 402 g/mol. The second-order valence-electron chi connectivity index (χ2n) is 10.1. The van der Waals surface area contributed by atoms with Crippen molar-refractivity contribution in [1.29, 1.82) is 0 Å². The van der Waals surface area contributed by atoms with E-state index in [1.807, 2.05) is 0 Å². The minimum Gasteiger partial charge on any atom is -0.352 e. The first-order valence-corrected chi connectivity index (χ1v) is 11.9. The highest BCUT2D eigenvalue weighted by atomic mass is 16.1. The van der Waals surface area contributed by atoms with Crippen LogP contribution in [0.2, 0.25) is 0 Å². The number of amides is 1. The van der Waals surface area contributed by atoms with Crippen molar-refractivity contribution in [3.8, 4) is 0 Å². The van der Waals surface area contributed by atoms with Gasteiger partial charge in [0.1, 0.15) is 0 Å². The van der Waals surface area contributed by atoms with Crippen LogP contribution in [0.3, 0.4) is 0 Å². The lowest BCUT2D eigenvalue weighted by atomic mass is 9.92. The number of allylic oxidation sites excluding steroid dienone is 5. The lowest BCUT2D eigenvalue weighted by Crippen LogP contribution is -2.53. The molecule has 164 valence electrons. The lowest BCUT2D eigenvalue weighted by molar-refractivity contribution is -0.927. The Morgan fingerprint density at radius 3 is 2.66 bits per heavy atom. The highest BCUT2D eigenvalue weighted by molar-refractivity contribution is 5.87. The summed E-state index contributed by atoms with van der Waals surface area (Å²) < 4.78 is 1.24. The van der Waals surface area contributed by atoms with Gasteiger partial charge >= 0.3 is 0 Å². The Kier molecular flexibility index (Phi) is 9.68. The topological polar surface area (TPSA) is 29.1 Å². The maximum atomic E-state index is 12.3. The number of hydrogen-bond donors (Lipinski definition) is 1. The van der Waals surface area contributed by atoms with E-state index in [2.05, 4.69) is 58.3 Å². The number of carbonyl (C=O) groups excluding carboxylic acids is 1. The molecule has 0 aromatic rings. The summed E-state index contributed by atoms with van der Waals surface area (Å²) in [5.41, 5.74) is 2.87. The van der Waals surface area contributed by atoms with Crippen molar-refractivity contribution in [2.75, 3.05) is 26.7 Å². The Balaban J connectivity index is 1.65. The molecule has 2 unspecified atom stereocenters. The van der Waals surface area contributed by atoms with Crippen LogP contribution >= 0.6 is 0 Å². The number of piperidine rings is 1. The van der Waals surface area contributed by atoms with E-state index in [-0.39, 0.29) is 5.91 Å². The Bertz CT molecular complexity index is 614. The molecular formula is C26H45N2O+. The summed E-state index contributed by atoms with van der Waals surface area (Å²) in [5.74, 6) is 1.18. The molecule has 4 atom stereocenters. The van der Waals surface area contributed by atoms with Gasteiger partial charge in [0, 0.05) is 25.3 Å². The van der Waals surface area contributed by atoms with Crippen LogP contribution in [0.5, 0.6) is 0 Å². The van der Waals surface area contributed by atoms with Crippen molar-refractivity contribution >= 4 is 5.91 Å². The monoisotopic (exact) mass is 401 g/mol. The fraction of sp³-hybridized carbons (Fsp3) is 0.731. The predicted molar refractivity (Wildman–Crippen MR) is 125 cm³/mol. The van der Waals surface area contributed by atoms with E-state index in [4.69, 9.17) is 0 Å². The summed E-state index contributed by atoms with van der Waals surface area (Å²) >= 11 is 0. The van der Waals surface area contributed by atoms with Crippen molar-refractivity contribution in [3.63, 3.8) is 0 Å². The molecule has 0 aliphatic carbocycles. The molecule has 0 bridgehead atoms. The van der Waals surface area contributed by atoms with E-state index < -0.39 is 0 Å². The van der Waals surface area contributed by atoms with E-state index >= 15 is 0 Å². The van der Waals surface area contributed by atoms with Gasteiger partial charge in [0.2, 0.25) is 5.91 Å². The summed E-state index contributed by atoms with van der Waals surface area (Å²) in [6, 6.07) is 0.763. The molecule has 2 aliphatic heterocycles. The van der Waals surface area contributed by atoms with E-state index in [9.17, 15) is 4.79 Å². The first-order valence-electron chi connectivity index (χ1n) is 11.9. The second kappa shape index (κ2) is 11.7. The Labute approximate surface area is 179 Å². The van der Waals surface area contributed by atoms with Gasteiger partial charge in [-0.3, -0.25) is 4.79 Å². The predicted octanol–water partition coefficient (Wildman–Crippen LogP) is 5.79. The first-order chi connectivity index (χ1) is 13.8. The molecule has 2 aliphatic rings. The summed E-state index contributed by atoms with van der Waals surface area (Å²) in [5, 5.41) is 3.18. The number of nitrogens with one attached hydrogen (secondary N) is 1. The zero-order valence-electron chi connectivity index (χ0n) is 19.7. The third kappa shape index (κ3) is 8.12. The van der Waals surface area contributed by atoms with Gasteiger partial charge in [-0.15, -0.1) is 0 Å². The fourth-order valence-corrected chi connectivity index (χ4v) is 5.14. The van der Waals surface area contributed by atoms with Gasteiger partial charge in [0.05, 0.1) is 26.2 Å². The molecule has 0 radical (unpaired) electrons. The summed E-state index contributed by atoms with van der Waals surface area (Å²) in [6.45, 7) is 12.2. The molecule has 3 heteroatoms. The standard InChI is InChI=1S/C26H44N2O/c1-21(2)10-8-11-22(3)12-9-13-23(4)15-16-26(29)27-20-24-17-19-28(5)18-7-6-14-25(24)28/h10,12,15-16,23-25H,6-9,11,13-14,17-20H2,1-5H3/p+1/b16-15+,22-12+/t23?,24-,25+,28?/m0/s1. The Morgan fingerprint density at radius 1 is 1.10 bits per heavy atom. The van der Waals surface area contributed by atoms with Crippen molar-refractivity contribution in [1.82, 2.24) is 5.32 Å². The quantitative estimate of drug-likeness (QED) is 0.280. The number of hydrogen-bond acceptors (Lipinski definition) is 1. The molecular weight excluding hydrogens is 356 g/mol. The molecule has 2 saturated heterocycles. The maximum Gasteiger partial charge on any atom is 0.243 e. The van der Waals surface area contributed by atoms with Crippen LogP contribution < -0.4 is 5.32 Å². The molecule has 1 N–H and O–H groups in total. The van der Waals surface area contributed by atoms with Crippen LogP contribution in [0.25, 0.3) is 0 Å². The van der Waals surface area contributed by atoms with Crippen LogP contribution in [0.15, 0.2) is 35.5 Å². The minimum atomic E-state index is 0.0854. The largest absolute Gasteiger partial charge is 0.352 e. The number of rotatable bonds is 10. The summed E-state index contributed by atoms with van der Waals surface area (Å²) in [4.78, 5) is 12.3. The van der Waals surface area contributed by atoms with Gasteiger partial charge in [0.15, 0.2) is 0 Å². The van der Waals surface area contributed by atoms with Gasteiger partial charge in [-0.2, -0.15) is 0 Å². The molecule has 3 nitrogen and oxygen atoms in total. The van der Waals surface area contributed by atoms with Gasteiger partial charge in [-0.05, 0) is 71.3 Å². The van der Waals surface area contributed by atoms with Crippen molar-refractivity contribution in [3.05, 3.63) is 35.5 Å². The van der Waals surface area contributed by atoms with Crippen LogP contribution in [-0.2, 0) is 4.79 Å². The van der Waals surface area contributed by atoms with Crippen molar-refractivity contribution < 1.29 is 9.28 Å². The molecule has 29 heavy (non-hydrogen) atoms. The zero-order chi connectivity index (χ0) is 21.3. The Morgan fingerprint density at radius 2 is 1.90 bits per heavy atom. The lowest BCUT2D eigenvalue weighted by Gasteiger charge is -2.41. The molecule has 2 rings (SSSR count). The number of quaternary nitrogens is 1.